The van der Waals surface area contributed by atoms with Crippen molar-refractivity contribution in [2.45, 2.75) is 83.2 Å². The Morgan fingerprint density at radius 1 is 1.28 bits per heavy atom. The lowest BCUT2D eigenvalue weighted by atomic mass is 9.98. The lowest BCUT2D eigenvalue weighted by Gasteiger charge is -2.40. The van der Waals surface area contributed by atoms with Gasteiger partial charge in [-0.1, -0.05) is 6.07 Å². The van der Waals surface area contributed by atoms with Gasteiger partial charge in [0.15, 0.2) is 5.96 Å². The number of amides is 1. The standard InChI is InChI=1S/C23H35FN4O3.HI/c1-15(30-20-8-6-7-16(24)11-20)14-26-21(25-5)27-17-12-18-9-10-19(13-17)28(18)22(29)31-23(2,3)4;/h6-8,11,15,17-19H,9-10,12-14H2,1-5H3,(H2,25,26,27);1H. The zero-order valence-corrected chi connectivity index (χ0v) is 21.9. The first-order valence-electron chi connectivity index (χ1n) is 11.1. The van der Waals surface area contributed by atoms with Crippen LogP contribution >= 0.6 is 24.0 Å². The van der Waals surface area contributed by atoms with Crippen molar-refractivity contribution in [1.29, 1.82) is 0 Å². The van der Waals surface area contributed by atoms with Crippen LogP contribution < -0.4 is 15.4 Å². The molecule has 3 unspecified atom stereocenters. The summed E-state index contributed by atoms with van der Waals surface area (Å²) in [5.74, 6) is 0.885. The molecule has 1 aromatic carbocycles. The fraction of sp³-hybridized carbons (Fsp3) is 0.652. The number of halogens is 2. The van der Waals surface area contributed by atoms with Gasteiger partial charge in [-0.2, -0.15) is 0 Å². The normalized spacial score (nSPS) is 23.8. The minimum absolute atomic E-state index is 0. The van der Waals surface area contributed by atoms with Crippen LogP contribution in [0.3, 0.4) is 0 Å². The molecule has 0 spiro atoms. The summed E-state index contributed by atoms with van der Waals surface area (Å²) in [7, 11) is 1.73. The second-order valence-corrected chi connectivity index (χ2v) is 9.42. The van der Waals surface area contributed by atoms with Crippen LogP contribution in [0.25, 0.3) is 0 Å². The lowest BCUT2D eigenvalue weighted by molar-refractivity contribution is 0.00544. The molecule has 2 heterocycles. The van der Waals surface area contributed by atoms with Crippen LogP contribution in [0.5, 0.6) is 5.75 Å². The molecular formula is C23H36FIN4O3. The number of fused-ring (bicyclic) bond motifs is 2. The van der Waals surface area contributed by atoms with Gasteiger partial charge >= 0.3 is 6.09 Å². The molecule has 0 aromatic heterocycles. The van der Waals surface area contributed by atoms with Gasteiger partial charge in [0.05, 0.1) is 6.54 Å². The Balaban J connectivity index is 0.00000363. The fourth-order valence-electron chi connectivity index (χ4n) is 4.35. The zero-order valence-electron chi connectivity index (χ0n) is 19.6. The van der Waals surface area contributed by atoms with Crippen molar-refractivity contribution < 1.29 is 18.7 Å². The predicted octanol–water partition coefficient (Wildman–Crippen LogP) is 4.31. The summed E-state index contributed by atoms with van der Waals surface area (Å²) < 4.78 is 24.7. The summed E-state index contributed by atoms with van der Waals surface area (Å²) in [4.78, 5) is 18.9. The summed E-state index contributed by atoms with van der Waals surface area (Å²) in [5.41, 5.74) is -0.484. The number of nitrogens with one attached hydrogen (secondary N) is 2. The minimum Gasteiger partial charge on any atom is -0.489 e. The molecule has 2 aliphatic rings. The van der Waals surface area contributed by atoms with E-state index in [1.54, 1.807) is 19.2 Å². The molecule has 2 aliphatic heterocycles. The van der Waals surface area contributed by atoms with Gasteiger partial charge in [0.1, 0.15) is 23.3 Å². The van der Waals surface area contributed by atoms with E-state index in [0.717, 1.165) is 25.7 Å². The molecule has 7 nitrogen and oxygen atoms in total. The van der Waals surface area contributed by atoms with Crippen molar-refractivity contribution in [1.82, 2.24) is 15.5 Å². The number of nitrogens with zero attached hydrogens (tertiary/aromatic N) is 2. The summed E-state index contributed by atoms with van der Waals surface area (Å²) in [6, 6.07) is 6.76. The Morgan fingerprint density at radius 2 is 1.94 bits per heavy atom. The Labute approximate surface area is 207 Å². The maximum absolute atomic E-state index is 13.3. The molecule has 1 amide bonds. The third kappa shape index (κ3) is 7.38. The van der Waals surface area contributed by atoms with Gasteiger partial charge in [-0.15, -0.1) is 24.0 Å². The monoisotopic (exact) mass is 562 g/mol. The molecular weight excluding hydrogens is 526 g/mol. The van der Waals surface area contributed by atoms with Crippen LogP contribution in [-0.4, -0.2) is 60.4 Å². The van der Waals surface area contributed by atoms with Gasteiger partial charge in [-0.25, -0.2) is 9.18 Å². The first kappa shape index (κ1) is 26.5. The maximum atomic E-state index is 13.3. The quantitative estimate of drug-likeness (QED) is 0.318. The van der Waals surface area contributed by atoms with Gasteiger partial charge in [-0.3, -0.25) is 4.99 Å². The topological polar surface area (TPSA) is 75.2 Å². The predicted molar refractivity (Wildman–Crippen MR) is 134 cm³/mol. The Kier molecular flexibility index (Phi) is 9.41. The van der Waals surface area contributed by atoms with Crippen molar-refractivity contribution in [3.8, 4) is 5.75 Å². The minimum atomic E-state index is -0.484. The first-order chi connectivity index (χ1) is 14.6. The molecule has 32 heavy (non-hydrogen) atoms. The second-order valence-electron chi connectivity index (χ2n) is 9.42. The molecule has 0 radical (unpaired) electrons. The van der Waals surface area contributed by atoms with Crippen LogP contribution in [0.1, 0.15) is 53.4 Å². The van der Waals surface area contributed by atoms with Crippen molar-refractivity contribution in [3.63, 3.8) is 0 Å². The van der Waals surface area contributed by atoms with Crippen LogP contribution in [0.2, 0.25) is 0 Å². The van der Waals surface area contributed by atoms with Gasteiger partial charge in [0, 0.05) is 31.2 Å². The molecule has 3 atom stereocenters. The van der Waals surface area contributed by atoms with Crippen molar-refractivity contribution >= 4 is 36.0 Å². The number of carbonyl (C=O) groups is 1. The number of rotatable bonds is 5. The molecule has 9 heteroatoms. The second kappa shape index (κ2) is 11.4. The number of aliphatic imine (C=N–C) groups is 1. The number of hydrogen-bond acceptors (Lipinski definition) is 4. The average Bonchev–Trinajstić information content (AvgIpc) is 2.95. The van der Waals surface area contributed by atoms with Crippen molar-refractivity contribution in [2.24, 2.45) is 4.99 Å². The Bertz CT molecular complexity index is 788. The highest BCUT2D eigenvalue weighted by Gasteiger charge is 2.45. The lowest BCUT2D eigenvalue weighted by Crippen LogP contribution is -2.55. The van der Waals surface area contributed by atoms with Crippen LogP contribution in [0, 0.1) is 5.82 Å². The zero-order chi connectivity index (χ0) is 22.6. The highest BCUT2D eigenvalue weighted by atomic mass is 127. The largest absolute Gasteiger partial charge is 0.489 e. The van der Waals surface area contributed by atoms with E-state index < -0.39 is 5.60 Å². The summed E-state index contributed by atoms with van der Waals surface area (Å²) in [6.45, 7) is 8.14. The van der Waals surface area contributed by atoms with E-state index in [0.29, 0.717) is 18.3 Å². The van der Waals surface area contributed by atoms with E-state index in [9.17, 15) is 9.18 Å². The molecule has 2 saturated heterocycles. The van der Waals surface area contributed by atoms with E-state index in [-0.39, 0.29) is 60.1 Å². The van der Waals surface area contributed by atoms with E-state index in [2.05, 4.69) is 15.6 Å². The number of hydrogen-bond donors (Lipinski definition) is 2. The number of ether oxygens (including phenoxy) is 2. The number of carbonyl (C=O) groups excluding carboxylic acids is 1. The smallest absolute Gasteiger partial charge is 0.410 e. The number of benzene rings is 1. The van der Waals surface area contributed by atoms with Gasteiger partial charge in [-0.05, 0) is 65.5 Å². The molecule has 3 rings (SSSR count). The Morgan fingerprint density at radius 3 is 2.50 bits per heavy atom. The van der Waals surface area contributed by atoms with Gasteiger partial charge in [0.2, 0.25) is 0 Å². The van der Waals surface area contributed by atoms with Gasteiger partial charge < -0.3 is 25.0 Å². The molecule has 2 bridgehead atoms. The average molecular weight is 562 g/mol. The van der Waals surface area contributed by atoms with E-state index in [1.807, 2.05) is 32.6 Å². The SMILES string of the molecule is CN=C(NCC(C)Oc1cccc(F)c1)NC1CC2CCC(C1)N2C(=O)OC(C)(C)C.I. The van der Waals surface area contributed by atoms with Crippen LogP contribution in [-0.2, 0) is 4.74 Å². The highest BCUT2D eigenvalue weighted by molar-refractivity contribution is 14.0. The molecule has 2 fully saturated rings. The van der Waals surface area contributed by atoms with E-state index >= 15 is 0 Å². The van der Waals surface area contributed by atoms with E-state index in [4.69, 9.17) is 9.47 Å². The summed E-state index contributed by atoms with van der Waals surface area (Å²) in [6.07, 6.45) is 3.38. The number of piperidine rings is 1. The number of guanidine groups is 1. The molecule has 2 N–H and O–H groups in total. The Hall–Kier alpha value is -1.78. The van der Waals surface area contributed by atoms with Crippen molar-refractivity contribution in [3.05, 3.63) is 30.1 Å². The van der Waals surface area contributed by atoms with Crippen LogP contribution in [0.15, 0.2) is 29.3 Å². The highest BCUT2D eigenvalue weighted by Crippen LogP contribution is 2.36. The first-order valence-corrected chi connectivity index (χ1v) is 11.1. The third-order valence-corrected chi connectivity index (χ3v) is 5.59. The molecule has 0 saturated carbocycles. The maximum Gasteiger partial charge on any atom is 0.410 e. The third-order valence-electron chi connectivity index (χ3n) is 5.59. The summed E-state index contributed by atoms with van der Waals surface area (Å²) >= 11 is 0. The van der Waals surface area contributed by atoms with Crippen LogP contribution in [0.4, 0.5) is 9.18 Å². The fourth-order valence-corrected chi connectivity index (χ4v) is 4.35. The molecule has 180 valence electrons. The van der Waals surface area contributed by atoms with Crippen molar-refractivity contribution in [2.75, 3.05) is 13.6 Å². The molecule has 0 aliphatic carbocycles. The summed E-state index contributed by atoms with van der Waals surface area (Å²) in [5, 5.41) is 6.77. The molecule has 1 aromatic rings. The van der Waals surface area contributed by atoms with E-state index in [1.165, 1.54) is 12.1 Å². The van der Waals surface area contributed by atoms with Gasteiger partial charge in [0.25, 0.3) is 0 Å².